The van der Waals surface area contributed by atoms with Crippen LogP contribution >= 0.6 is 0 Å². The summed E-state index contributed by atoms with van der Waals surface area (Å²) in [6, 6.07) is 10.0. The summed E-state index contributed by atoms with van der Waals surface area (Å²) in [5, 5.41) is 2.98. The number of nitrogens with two attached hydrogens (primary N) is 1. The Kier molecular flexibility index (Phi) is 7.26. The molecule has 4 nitrogen and oxygen atoms in total. The van der Waals surface area contributed by atoms with Gasteiger partial charge in [0.2, 0.25) is 5.91 Å². The first kappa shape index (κ1) is 16.7. The molecule has 0 saturated heterocycles. The quantitative estimate of drug-likeness (QED) is 0.761. The molecule has 0 heterocycles. The zero-order chi connectivity index (χ0) is 15.0. The van der Waals surface area contributed by atoms with Crippen molar-refractivity contribution in [2.45, 2.75) is 45.3 Å². The van der Waals surface area contributed by atoms with E-state index in [4.69, 9.17) is 5.73 Å². The molecule has 0 aromatic heterocycles. The Morgan fingerprint density at radius 1 is 1.35 bits per heavy atom. The second-order valence-electron chi connectivity index (χ2n) is 5.49. The fraction of sp³-hybridized carbons (Fsp3) is 0.562. The summed E-state index contributed by atoms with van der Waals surface area (Å²) in [6.45, 7) is 5.73. The topological polar surface area (TPSA) is 58.4 Å². The molecule has 1 aromatic carbocycles. The van der Waals surface area contributed by atoms with E-state index in [1.165, 1.54) is 5.56 Å². The minimum Gasteiger partial charge on any atom is -0.351 e. The molecule has 4 heteroatoms. The van der Waals surface area contributed by atoms with Crippen molar-refractivity contribution >= 4 is 5.91 Å². The molecule has 0 radical (unpaired) electrons. The van der Waals surface area contributed by atoms with Crippen molar-refractivity contribution in [2.75, 3.05) is 13.6 Å². The Morgan fingerprint density at radius 2 is 2.00 bits per heavy atom. The number of nitrogens with zero attached hydrogens (tertiary/aromatic N) is 1. The summed E-state index contributed by atoms with van der Waals surface area (Å²) in [6.07, 6.45) is 1.66. The molecule has 2 atom stereocenters. The number of nitrogens with one attached hydrogen (secondary N) is 1. The van der Waals surface area contributed by atoms with Gasteiger partial charge in [-0.05, 0) is 26.0 Å². The monoisotopic (exact) mass is 277 g/mol. The highest BCUT2D eigenvalue weighted by atomic mass is 16.2. The van der Waals surface area contributed by atoms with Crippen molar-refractivity contribution in [3.63, 3.8) is 0 Å². The highest BCUT2D eigenvalue weighted by Gasteiger charge is 2.15. The number of hydrogen-bond donors (Lipinski definition) is 2. The fourth-order valence-corrected chi connectivity index (χ4v) is 2.26. The van der Waals surface area contributed by atoms with E-state index in [2.05, 4.69) is 29.4 Å². The van der Waals surface area contributed by atoms with Gasteiger partial charge in [0.1, 0.15) is 0 Å². The SMILES string of the molecule is CCCC(N)C(=O)NC(C)CN(C)Cc1ccccc1. The average molecular weight is 277 g/mol. The maximum atomic E-state index is 11.8. The van der Waals surface area contributed by atoms with Crippen molar-refractivity contribution in [3.8, 4) is 0 Å². The van der Waals surface area contributed by atoms with Crippen LogP contribution in [0.5, 0.6) is 0 Å². The van der Waals surface area contributed by atoms with Crippen LogP contribution in [0.4, 0.5) is 0 Å². The van der Waals surface area contributed by atoms with Crippen LogP contribution in [-0.2, 0) is 11.3 Å². The number of carbonyl (C=O) groups excluding carboxylic acids is 1. The summed E-state index contributed by atoms with van der Waals surface area (Å²) in [7, 11) is 2.06. The van der Waals surface area contributed by atoms with E-state index < -0.39 is 0 Å². The molecule has 1 aromatic rings. The maximum absolute atomic E-state index is 11.8. The maximum Gasteiger partial charge on any atom is 0.237 e. The van der Waals surface area contributed by atoms with Crippen LogP contribution < -0.4 is 11.1 Å². The Bertz CT molecular complexity index is 394. The van der Waals surface area contributed by atoms with Gasteiger partial charge in [0, 0.05) is 19.1 Å². The second-order valence-corrected chi connectivity index (χ2v) is 5.49. The summed E-state index contributed by atoms with van der Waals surface area (Å²) in [5.41, 5.74) is 7.08. The summed E-state index contributed by atoms with van der Waals surface area (Å²) in [4.78, 5) is 14.0. The molecule has 2 unspecified atom stereocenters. The second kappa shape index (κ2) is 8.72. The van der Waals surface area contributed by atoms with Crippen LogP contribution in [0.15, 0.2) is 30.3 Å². The van der Waals surface area contributed by atoms with Gasteiger partial charge < -0.3 is 16.0 Å². The van der Waals surface area contributed by atoms with Gasteiger partial charge in [0.05, 0.1) is 6.04 Å². The van der Waals surface area contributed by atoms with Gasteiger partial charge in [0.15, 0.2) is 0 Å². The number of amides is 1. The van der Waals surface area contributed by atoms with Crippen molar-refractivity contribution in [1.82, 2.24) is 10.2 Å². The average Bonchev–Trinajstić information content (AvgIpc) is 2.39. The van der Waals surface area contributed by atoms with E-state index >= 15 is 0 Å². The van der Waals surface area contributed by atoms with Crippen LogP contribution in [0.3, 0.4) is 0 Å². The van der Waals surface area contributed by atoms with Crippen molar-refractivity contribution in [2.24, 2.45) is 5.73 Å². The van der Waals surface area contributed by atoms with Gasteiger partial charge in [-0.25, -0.2) is 0 Å². The molecular formula is C16H27N3O. The molecule has 0 saturated carbocycles. The van der Waals surface area contributed by atoms with E-state index in [1.54, 1.807) is 0 Å². The van der Waals surface area contributed by atoms with E-state index in [0.29, 0.717) is 0 Å². The number of benzene rings is 1. The van der Waals surface area contributed by atoms with Gasteiger partial charge in [-0.3, -0.25) is 4.79 Å². The molecule has 0 aliphatic rings. The lowest BCUT2D eigenvalue weighted by molar-refractivity contribution is -0.123. The number of carbonyl (C=O) groups is 1. The minimum absolute atomic E-state index is 0.0486. The zero-order valence-electron chi connectivity index (χ0n) is 12.8. The highest BCUT2D eigenvalue weighted by Crippen LogP contribution is 2.03. The molecule has 3 N–H and O–H groups in total. The minimum atomic E-state index is -0.387. The van der Waals surface area contributed by atoms with Crippen LogP contribution in [0.1, 0.15) is 32.3 Å². The molecule has 112 valence electrons. The summed E-state index contributed by atoms with van der Waals surface area (Å²) >= 11 is 0. The van der Waals surface area contributed by atoms with Gasteiger partial charge in [0.25, 0.3) is 0 Å². The third-order valence-electron chi connectivity index (χ3n) is 3.21. The first-order valence-electron chi connectivity index (χ1n) is 7.31. The molecule has 0 fully saturated rings. The molecule has 0 bridgehead atoms. The molecule has 0 spiro atoms. The van der Waals surface area contributed by atoms with Crippen molar-refractivity contribution < 1.29 is 4.79 Å². The Balaban J connectivity index is 2.34. The van der Waals surface area contributed by atoms with E-state index in [0.717, 1.165) is 25.9 Å². The third kappa shape index (κ3) is 6.17. The first-order valence-corrected chi connectivity index (χ1v) is 7.31. The molecule has 0 aliphatic heterocycles. The summed E-state index contributed by atoms with van der Waals surface area (Å²) < 4.78 is 0. The van der Waals surface area contributed by atoms with Gasteiger partial charge in [-0.1, -0.05) is 43.7 Å². The van der Waals surface area contributed by atoms with Gasteiger partial charge in [-0.15, -0.1) is 0 Å². The van der Waals surface area contributed by atoms with Crippen LogP contribution in [0.2, 0.25) is 0 Å². The highest BCUT2D eigenvalue weighted by molar-refractivity contribution is 5.81. The number of hydrogen-bond acceptors (Lipinski definition) is 3. The fourth-order valence-electron chi connectivity index (χ4n) is 2.26. The van der Waals surface area contributed by atoms with Crippen LogP contribution in [-0.4, -0.2) is 36.5 Å². The molecule has 1 rings (SSSR count). The third-order valence-corrected chi connectivity index (χ3v) is 3.21. The predicted molar refractivity (Wildman–Crippen MR) is 83.3 cm³/mol. The van der Waals surface area contributed by atoms with Crippen LogP contribution in [0, 0.1) is 0 Å². The molecular weight excluding hydrogens is 250 g/mol. The standard InChI is InChI=1S/C16H27N3O/c1-4-8-15(17)16(20)18-13(2)11-19(3)12-14-9-6-5-7-10-14/h5-7,9-10,13,15H,4,8,11-12,17H2,1-3H3,(H,18,20). The molecule has 0 aliphatic carbocycles. The van der Waals surface area contributed by atoms with Gasteiger partial charge in [-0.2, -0.15) is 0 Å². The molecule has 1 amide bonds. The normalized spacial score (nSPS) is 14.1. The lowest BCUT2D eigenvalue weighted by Gasteiger charge is -2.23. The Hall–Kier alpha value is -1.39. The van der Waals surface area contributed by atoms with E-state index in [9.17, 15) is 4.79 Å². The zero-order valence-corrected chi connectivity index (χ0v) is 12.8. The lowest BCUT2D eigenvalue weighted by Crippen LogP contribution is -2.47. The lowest BCUT2D eigenvalue weighted by atomic mass is 10.1. The van der Waals surface area contributed by atoms with E-state index in [-0.39, 0.29) is 18.0 Å². The predicted octanol–water partition coefficient (Wildman–Crippen LogP) is 1.75. The molecule has 20 heavy (non-hydrogen) atoms. The largest absolute Gasteiger partial charge is 0.351 e. The first-order chi connectivity index (χ1) is 9.52. The number of rotatable bonds is 8. The Labute approximate surface area is 122 Å². The Morgan fingerprint density at radius 3 is 2.60 bits per heavy atom. The van der Waals surface area contributed by atoms with Crippen LogP contribution in [0.25, 0.3) is 0 Å². The van der Waals surface area contributed by atoms with E-state index in [1.807, 2.05) is 32.0 Å². The van der Waals surface area contributed by atoms with Crippen molar-refractivity contribution in [3.05, 3.63) is 35.9 Å². The smallest absolute Gasteiger partial charge is 0.237 e. The summed E-state index contributed by atoms with van der Waals surface area (Å²) in [5.74, 6) is -0.0486. The number of likely N-dealkylation sites (N-methyl/N-ethyl adjacent to an activating group) is 1. The van der Waals surface area contributed by atoms with Crippen molar-refractivity contribution in [1.29, 1.82) is 0 Å². The van der Waals surface area contributed by atoms with Gasteiger partial charge >= 0.3 is 0 Å².